The topological polar surface area (TPSA) is 77.4 Å². The molecular formula is C14H29KO4S. The molecule has 0 spiro atoms. The van der Waals surface area contributed by atoms with Crippen LogP contribution in [-0.2, 0) is 10.1 Å². The molecular weight excluding hydrogens is 303 g/mol. The number of aliphatic hydroxyl groups is 1. The van der Waals surface area contributed by atoms with Crippen molar-refractivity contribution in [1.82, 2.24) is 0 Å². The summed E-state index contributed by atoms with van der Waals surface area (Å²) < 4.78 is 33.3. The Morgan fingerprint density at radius 2 is 1.35 bits per heavy atom. The van der Waals surface area contributed by atoms with Gasteiger partial charge in [-0.1, -0.05) is 58.3 Å². The largest absolute Gasteiger partial charge is 1.00 e. The molecule has 1 unspecified atom stereocenters. The van der Waals surface area contributed by atoms with Crippen molar-refractivity contribution in [2.45, 2.75) is 82.8 Å². The van der Waals surface area contributed by atoms with E-state index in [1.807, 2.05) is 6.92 Å². The number of rotatable bonds is 13. The average Bonchev–Trinajstić information content (AvgIpc) is 2.34. The standard InChI is InChI=1S/C14H30O4S.K/c1-2-3-11-14(19(16,17)18)12-9-7-5-4-6-8-10-13-15;/h14-15H,2-13H2,1H3,(H,16,17,18);/q;+1/p-1. The van der Waals surface area contributed by atoms with Gasteiger partial charge in [0.2, 0.25) is 0 Å². The molecule has 4 nitrogen and oxygen atoms in total. The molecule has 0 aliphatic carbocycles. The van der Waals surface area contributed by atoms with E-state index in [4.69, 9.17) is 5.11 Å². The fourth-order valence-electron chi connectivity index (χ4n) is 2.23. The average molecular weight is 333 g/mol. The van der Waals surface area contributed by atoms with Crippen molar-refractivity contribution in [2.75, 3.05) is 6.61 Å². The molecule has 1 N–H and O–H groups in total. The molecule has 0 aliphatic rings. The van der Waals surface area contributed by atoms with E-state index in [9.17, 15) is 13.0 Å². The quantitative estimate of drug-likeness (QED) is 0.297. The van der Waals surface area contributed by atoms with E-state index in [0.717, 1.165) is 57.8 Å². The first-order valence-corrected chi connectivity index (χ1v) is 9.05. The van der Waals surface area contributed by atoms with E-state index in [2.05, 4.69) is 0 Å². The van der Waals surface area contributed by atoms with Crippen LogP contribution in [0.4, 0.5) is 0 Å². The monoisotopic (exact) mass is 332 g/mol. The van der Waals surface area contributed by atoms with Crippen LogP contribution >= 0.6 is 0 Å². The fourth-order valence-corrected chi connectivity index (χ4v) is 3.14. The third kappa shape index (κ3) is 14.4. The minimum atomic E-state index is -4.12. The maximum absolute atomic E-state index is 11.1. The molecule has 20 heavy (non-hydrogen) atoms. The summed E-state index contributed by atoms with van der Waals surface area (Å²) in [4.78, 5) is 0. The zero-order chi connectivity index (χ0) is 14.6. The number of hydrogen-bond donors (Lipinski definition) is 1. The molecule has 0 saturated heterocycles. The molecule has 0 bridgehead atoms. The van der Waals surface area contributed by atoms with Crippen LogP contribution in [-0.4, -0.2) is 29.9 Å². The molecule has 1 atom stereocenters. The molecule has 6 heteroatoms. The predicted octanol–water partition coefficient (Wildman–Crippen LogP) is 0.208. The summed E-state index contributed by atoms with van der Waals surface area (Å²) in [5.74, 6) is 0. The van der Waals surface area contributed by atoms with Gasteiger partial charge >= 0.3 is 51.4 Å². The Hall–Kier alpha value is 1.51. The zero-order valence-electron chi connectivity index (χ0n) is 13.1. The van der Waals surface area contributed by atoms with Gasteiger partial charge in [0.25, 0.3) is 0 Å². The molecule has 0 aromatic carbocycles. The molecule has 0 amide bonds. The SMILES string of the molecule is CCCCC(CCCCCCCCCO)S(=O)(=O)[O-].[K+]. The number of aliphatic hydroxyl groups excluding tert-OH is 1. The van der Waals surface area contributed by atoms with Gasteiger partial charge in [0.05, 0.1) is 10.1 Å². The molecule has 0 radical (unpaired) electrons. The Bertz CT molecular complexity index is 294. The van der Waals surface area contributed by atoms with Crippen molar-refractivity contribution in [3.8, 4) is 0 Å². The molecule has 0 aromatic rings. The smallest absolute Gasteiger partial charge is 0.748 e. The first kappa shape index (κ1) is 23.8. The fraction of sp³-hybridized carbons (Fsp3) is 1.00. The van der Waals surface area contributed by atoms with E-state index in [1.165, 1.54) is 0 Å². The van der Waals surface area contributed by atoms with E-state index in [-0.39, 0.29) is 58.0 Å². The molecule has 0 rings (SSSR count). The van der Waals surface area contributed by atoms with Crippen LogP contribution in [0, 0.1) is 0 Å². The van der Waals surface area contributed by atoms with E-state index in [1.54, 1.807) is 0 Å². The summed E-state index contributed by atoms with van der Waals surface area (Å²) in [6.45, 7) is 2.27. The third-order valence-electron chi connectivity index (χ3n) is 3.47. The van der Waals surface area contributed by atoms with Crippen molar-refractivity contribution in [1.29, 1.82) is 0 Å². The Morgan fingerprint density at radius 3 is 1.80 bits per heavy atom. The third-order valence-corrected chi connectivity index (χ3v) is 4.76. The molecule has 0 saturated carbocycles. The van der Waals surface area contributed by atoms with Crippen LogP contribution in [0.3, 0.4) is 0 Å². The number of unbranched alkanes of at least 4 members (excludes halogenated alkanes) is 7. The van der Waals surface area contributed by atoms with Gasteiger partial charge in [-0.15, -0.1) is 0 Å². The van der Waals surface area contributed by atoms with Gasteiger partial charge in [0.15, 0.2) is 0 Å². The van der Waals surface area contributed by atoms with Gasteiger partial charge < -0.3 is 9.66 Å². The van der Waals surface area contributed by atoms with Crippen LogP contribution < -0.4 is 51.4 Å². The second-order valence-electron chi connectivity index (χ2n) is 5.24. The van der Waals surface area contributed by atoms with Crippen molar-refractivity contribution >= 4 is 10.1 Å². The Morgan fingerprint density at radius 1 is 0.900 bits per heavy atom. The first-order valence-electron chi connectivity index (χ1n) is 7.58. The second kappa shape index (κ2) is 15.4. The van der Waals surface area contributed by atoms with Gasteiger partial charge in [-0.3, -0.25) is 0 Å². The Labute approximate surface area is 167 Å². The molecule has 0 aliphatic heterocycles. The Balaban J connectivity index is 0. The Kier molecular flexibility index (Phi) is 18.3. The van der Waals surface area contributed by atoms with Crippen molar-refractivity contribution in [3.63, 3.8) is 0 Å². The summed E-state index contributed by atoms with van der Waals surface area (Å²) in [5.41, 5.74) is 0. The van der Waals surface area contributed by atoms with Gasteiger partial charge in [-0.25, -0.2) is 8.42 Å². The van der Waals surface area contributed by atoms with Crippen molar-refractivity contribution in [2.24, 2.45) is 0 Å². The van der Waals surface area contributed by atoms with Crippen LogP contribution in [0.5, 0.6) is 0 Å². The minimum absolute atomic E-state index is 0. The van der Waals surface area contributed by atoms with E-state index < -0.39 is 15.4 Å². The molecule has 0 fully saturated rings. The van der Waals surface area contributed by atoms with Gasteiger partial charge in [-0.2, -0.15) is 0 Å². The van der Waals surface area contributed by atoms with Crippen LogP contribution in [0.25, 0.3) is 0 Å². The van der Waals surface area contributed by atoms with Crippen LogP contribution in [0.15, 0.2) is 0 Å². The molecule has 116 valence electrons. The molecule has 0 aromatic heterocycles. The van der Waals surface area contributed by atoms with Crippen LogP contribution in [0.1, 0.15) is 77.6 Å². The normalized spacial score (nSPS) is 12.9. The second-order valence-corrected chi connectivity index (χ2v) is 6.90. The summed E-state index contributed by atoms with van der Waals surface area (Å²) >= 11 is 0. The van der Waals surface area contributed by atoms with Gasteiger partial charge in [0, 0.05) is 11.9 Å². The van der Waals surface area contributed by atoms with E-state index >= 15 is 0 Å². The van der Waals surface area contributed by atoms with Crippen LogP contribution in [0.2, 0.25) is 0 Å². The predicted molar refractivity (Wildman–Crippen MR) is 77.0 cm³/mol. The van der Waals surface area contributed by atoms with E-state index in [0.29, 0.717) is 12.8 Å². The summed E-state index contributed by atoms with van der Waals surface area (Å²) in [6, 6.07) is 0. The van der Waals surface area contributed by atoms with Gasteiger partial charge in [0.1, 0.15) is 0 Å². The zero-order valence-corrected chi connectivity index (χ0v) is 17.1. The number of hydrogen-bond acceptors (Lipinski definition) is 4. The minimum Gasteiger partial charge on any atom is -0.748 e. The molecule has 0 heterocycles. The van der Waals surface area contributed by atoms with Crippen molar-refractivity contribution < 1.29 is 69.5 Å². The van der Waals surface area contributed by atoms with Gasteiger partial charge in [-0.05, 0) is 19.3 Å². The first-order chi connectivity index (χ1) is 9.02. The maximum atomic E-state index is 11.1. The summed E-state index contributed by atoms with van der Waals surface area (Å²) in [7, 11) is -4.12. The van der Waals surface area contributed by atoms with Crippen molar-refractivity contribution in [3.05, 3.63) is 0 Å². The maximum Gasteiger partial charge on any atom is 1.00 e. The summed E-state index contributed by atoms with van der Waals surface area (Å²) in [6.07, 6.45) is 9.87. The summed E-state index contributed by atoms with van der Waals surface area (Å²) in [5, 5.41) is 7.95.